The van der Waals surface area contributed by atoms with Crippen LogP contribution in [0.25, 0.3) is 0 Å². The van der Waals surface area contributed by atoms with Gasteiger partial charge in [-0.05, 0) is 32.6 Å². The first kappa shape index (κ1) is 14.8. The lowest BCUT2D eigenvalue weighted by Crippen LogP contribution is -2.42. The van der Waals surface area contributed by atoms with Gasteiger partial charge in [0.05, 0.1) is 6.07 Å². The maximum Gasteiger partial charge on any atom is 0.243 e. The molecule has 0 spiro atoms. The molecule has 1 aromatic rings. The molecule has 0 aromatic carbocycles. The Bertz CT molecular complexity index is 624. The highest BCUT2D eigenvalue weighted by Crippen LogP contribution is 2.47. The summed E-state index contributed by atoms with van der Waals surface area (Å²) in [5.41, 5.74) is 0.251. The predicted octanol–water partition coefficient (Wildman–Crippen LogP) is 1.84. The van der Waals surface area contributed by atoms with Crippen LogP contribution in [0, 0.1) is 23.7 Å². The highest BCUT2D eigenvalue weighted by atomic mass is 16.2. The fourth-order valence-electron chi connectivity index (χ4n) is 3.04. The number of nitrogens with one attached hydrogen (secondary N) is 1. The minimum atomic E-state index is -0.702. The van der Waals surface area contributed by atoms with Crippen molar-refractivity contribution in [3.63, 3.8) is 0 Å². The number of anilines is 1. The van der Waals surface area contributed by atoms with Crippen molar-refractivity contribution in [2.75, 3.05) is 25.5 Å². The smallest absolute Gasteiger partial charge is 0.243 e. The number of piperidine rings is 1. The van der Waals surface area contributed by atoms with Gasteiger partial charge in [0, 0.05) is 37.8 Å². The predicted molar refractivity (Wildman–Crippen MR) is 82.2 cm³/mol. The normalized spacial score (nSPS) is 20.3. The fraction of sp³-hybridized carbons (Fsp3) is 0.625. The first-order valence-corrected chi connectivity index (χ1v) is 7.82. The lowest BCUT2D eigenvalue weighted by atomic mass is 9.94. The third-order valence-corrected chi connectivity index (χ3v) is 4.65. The Hall–Kier alpha value is -2.16. The summed E-state index contributed by atoms with van der Waals surface area (Å²) < 4.78 is 0. The van der Waals surface area contributed by atoms with Crippen LogP contribution in [0.15, 0.2) is 6.07 Å². The van der Waals surface area contributed by atoms with Crippen LogP contribution in [-0.2, 0) is 4.79 Å². The number of carbonyl (C=O) groups is 1. The summed E-state index contributed by atoms with van der Waals surface area (Å²) in [5, 5.41) is 12.2. The van der Waals surface area contributed by atoms with Crippen LogP contribution < -0.4 is 5.32 Å². The van der Waals surface area contributed by atoms with Crippen LogP contribution in [0.2, 0.25) is 0 Å². The van der Waals surface area contributed by atoms with Crippen LogP contribution in [0.5, 0.6) is 0 Å². The van der Waals surface area contributed by atoms with Gasteiger partial charge < -0.3 is 10.2 Å². The molecule has 1 amide bonds. The van der Waals surface area contributed by atoms with Crippen molar-refractivity contribution in [1.82, 2.24) is 14.9 Å². The van der Waals surface area contributed by atoms with Crippen LogP contribution in [0.1, 0.15) is 43.1 Å². The first-order valence-electron chi connectivity index (χ1n) is 7.82. The van der Waals surface area contributed by atoms with Crippen LogP contribution in [-0.4, -0.2) is 40.9 Å². The van der Waals surface area contributed by atoms with Crippen molar-refractivity contribution < 1.29 is 4.79 Å². The number of rotatable bonds is 3. The first-order chi connectivity index (χ1) is 10.6. The van der Waals surface area contributed by atoms with Gasteiger partial charge in [-0.1, -0.05) is 0 Å². The van der Waals surface area contributed by atoms with E-state index in [2.05, 4.69) is 21.4 Å². The summed E-state index contributed by atoms with van der Waals surface area (Å²) in [6, 6.07) is 4.11. The van der Waals surface area contributed by atoms with Crippen LogP contribution in [0.3, 0.4) is 0 Å². The maximum absolute atomic E-state index is 12.4. The molecular formula is C16H21N5O. The number of nitriles is 1. The van der Waals surface area contributed by atoms with E-state index in [9.17, 15) is 4.79 Å². The minimum Gasteiger partial charge on any atom is -0.373 e. The Balaban J connectivity index is 1.66. The molecule has 1 N–H and O–H groups in total. The van der Waals surface area contributed by atoms with E-state index in [1.165, 1.54) is 0 Å². The Kier molecular flexibility index (Phi) is 3.73. The van der Waals surface area contributed by atoms with E-state index < -0.39 is 5.41 Å². The average molecular weight is 299 g/mol. The molecule has 1 saturated carbocycles. The molecule has 2 fully saturated rings. The topological polar surface area (TPSA) is 81.9 Å². The molecule has 0 atom stereocenters. The van der Waals surface area contributed by atoms with Gasteiger partial charge >= 0.3 is 0 Å². The molecule has 1 aromatic heterocycles. The molecule has 0 radical (unpaired) electrons. The summed E-state index contributed by atoms with van der Waals surface area (Å²) in [5.74, 6) is 2.00. The molecule has 1 aliphatic heterocycles. The van der Waals surface area contributed by atoms with Crippen molar-refractivity contribution in [2.24, 2.45) is 5.41 Å². The molecule has 116 valence electrons. The average Bonchev–Trinajstić information content (AvgIpc) is 3.35. The molecule has 0 bridgehead atoms. The Labute approximate surface area is 130 Å². The second-order valence-electron chi connectivity index (χ2n) is 6.26. The van der Waals surface area contributed by atoms with Crippen molar-refractivity contribution in [1.29, 1.82) is 5.26 Å². The number of hydrogen-bond acceptors (Lipinski definition) is 5. The van der Waals surface area contributed by atoms with Gasteiger partial charge in [0.2, 0.25) is 5.91 Å². The van der Waals surface area contributed by atoms with Crippen molar-refractivity contribution >= 4 is 11.7 Å². The highest BCUT2D eigenvalue weighted by molar-refractivity contribution is 5.88. The molecular weight excluding hydrogens is 278 g/mol. The highest BCUT2D eigenvalue weighted by Gasteiger charge is 2.52. The fourth-order valence-corrected chi connectivity index (χ4v) is 3.04. The Morgan fingerprint density at radius 2 is 2.09 bits per heavy atom. The van der Waals surface area contributed by atoms with Gasteiger partial charge in [0.15, 0.2) is 0 Å². The standard InChI is InChI=1S/C16H21N5O/c1-11-9-13(18-2)20-14(19-11)12-3-7-21(8-4-12)15(22)16(10-17)5-6-16/h9,12H,3-8H2,1-2H3,(H,18,19,20). The van der Waals surface area contributed by atoms with Crippen molar-refractivity contribution in [3.8, 4) is 6.07 Å². The van der Waals surface area contributed by atoms with Gasteiger partial charge in [0.25, 0.3) is 0 Å². The number of carbonyl (C=O) groups excluding carboxylic acids is 1. The van der Waals surface area contributed by atoms with E-state index in [1.807, 2.05) is 24.9 Å². The number of aryl methyl sites for hydroxylation is 1. The lowest BCUT2D eigenvalue weighted by Gasteiger charge is -2.32. The van der Waals surface area contributed by atoms with E-state index in [0.29, 0.717) is 13.1 Å². The summed E-state index contributed by atoms with van der Waals surface area (Å²) in [6.07, 6.45) is 3.16. The molecule has 2 heterocycles. The molecule has 1 aliphatic carbocycles. The van der Waals surface area contributed by atoms with Gasteiger partial charge in [-0.2, -0.15) is 5.26 Å². The monoisotopic (exact) mass is 299 g/mol. The zero-order valence-corrected chi connectivity index (χ0v) is 13.1. The van der Waals surface area contributed by atoms with E-state index >= 15 is 0 Å². The third-order valence-electron chi connectivity index (χ3n) is 4.65. The van der Waals surface area contributed by atoms with E-state index in [4.69, 9.17) is 5.26 Å². The molecule has 6 heteroatoms. The molecule has 1 saturated heterocycles. The largest absolute Gasteiger partial charge is 0.373 e. The minimum absolute atomic E-state index is 0.0227. The summed E-state index contributed by atoms with van der Waals surface area (Å²) in [6.45, 7) is 3.35. The number of aromatic nitrogens is 2. The molecule has 2 aliphatic rings. The third kappa shape index (κ3) is 2.63. The quantitative estimate of drug-likeness (QED) is 0.921. The maximum atomic E-state index is 12.4. The lowest BCUT2D eigenvalue weighted by molar-refractivity contribution is -0.136. The molecule has 22 heavy (non-hydrogen) atoms. The van der Waals surface area contributed by atoms with Gasteiger partial charge in [-0.25, -0.2) is 9.97 Å². The van der Waals surface area contributed by atoms with Crippen LogP contribution >= 0.6 is 0 Å². The summed E-state index contributed by atoms with van der Waals surface area (Å²) >= 11 is 0. The van der Waals surface area contributed by atoms with E-state index in [0.717, 1.165) is 43.0 Å². The second kappa shape index (κ2) is 5.56. The number of nitrogens with zero attached hydrogens (tertiary/aromatic N) is 4. The van der Waals surface area contributed by atoms with Crippen molar-refractivity contribution in [2.45, 2.75) is 38.5 Å². The molecule has 3 rings (SSSR count). The molecule has 6 nitrogen and oxygen atoms in total. The Morgan fingerprint density at radius 1 is 1.41 bits per heavy atom. The number of likely N-dealkylation sites (tertiary alicyclic amines) is 1. The van der Waals surface area contributed by atoms with Gasteiger partial charge in [-0.15, -0.1) is 0 Å². The van der Waals surface area contributed by atoms with Crippen molar-refractivity contribution in [3.05, 3.63) is 17.6 Å². The van der Waals surface area contributed by atoms with Gasteiger partial charge in [0.1, 0.15) is 17.1 Å². The summed E-state index contributed by atoms with van der Waals surface area (Å²) in [4.78, 5) is 23.3. The van der Waals surface area contributed by atoms with E-state index in [1.54, 1.807) is 0 Å². The zero-order chi connectivity index (χ0) is 15.7. The number of amides is 1. The Morgan fingerprint density at radius 3 is 2.64 bits per heavy atom. The van der Waals surface area contributed by atoms with Gasteiger partial charge in [-0.3, -0.25) is 4.79 Å². The van der Waals surface area contributed by atoms with Crippen LogP contribution in [0.4, 0.5) is 5.82 Å². The number of hydrogen-bond donors (Lipinski definition) is 1. The van der Waals surface area contributed by atoms with E-state index in [-0.39, 0.29) is 11.8 Å². The molecule has 0 unspecified atom stereocenters. The SMILES string of the molecule is CNc1cc(C)nc(C2CCN(C(=O)C3(C#N)CC3)CC2)n1. The zero-order valence-electron chi connectivity index (χ0n) is 13.1. The second-order valence-corrected chi connectivity index (χ2v) is 6.26. The summed E-state index contributed by atoms with van der Waals surface area (Å²) in [7, 11) is 1.85.